The lowest BCUT2D eigenvalue weighted by Crippen LogP contribution is -2.31. The van der Waals surface area contributed by atoms with Crippen LogP contribution in [0.5, 0.6) is 0 Å². The van der Waals surface area contributed by atoms with Gasteiger partial charge in [-0.15, -0.1) is 0 Å². The number of benzene rings is 3. The molecule has 1 heterocycles. The van der Waals surface area contributed by atoms with E-state index in [1.54, 1.807) is 30.3 Å². The number of carbonyl (C=O) groups is 1. The number of carbonyl (C=O) groups excluding carboxylic acids is 1. The number of hydrogen-bond acceptors (Lipinski definition) is 2. The molecule has 0 fully saturated rings. The van der Waals surface area contributed by atoms with Crippen molar-refractivity contribution in [2.45, 2.75) is 12.7 Å². The van der Waals surface area contributed by atoms with E-state index in [2.05, 4.69) is 25.8 Å². The Morgan fingerprint density at radius 1 is 0.973 bits per heavy atom. The van der Waals surface area contributed by atoms with E-state index in [1.165, 1.54) is 12.1 Å². The number of nitrogens with zero attached hydrogens (tertiary/aromatic N) is 2. The molecular weight excluding hydrogens is 533 g/mol. The van der Waals surface area contributed by atoms with Crippen LogP contribution in [0.2, 0.25) is 10.0 Å². The Morgan fingerprint density at radius 3 is 2.32 bits per heavy atom. The molecule has 3 aromatic carbocycles. The summed E-state index contributed by atoms with van der Waals surface area (Å²) < 4.78 is 51.9. The summed E-state index contributed by atoms with van der Waals surface area (Å²) in [6.07, 6.45) is -4.53. The Morgan fingerprint density at radius 2 is 1.68 bits per heavy atom. The number of halogens is 6. The zero-order chi connectivity index (χ0) is 26.6. The van der Waals surface area contributed by atoms with Crippen LogP contribution >= 0.6 is 23.2 Å². The number of aromatic amines is 1. The Kier molecular flexibility index (Phi) is 7.80. The summed E-state index contributed by atoms with van der Waals surface area (Å²) in [6, 6.07) is 16.2. The van der Waals surface area contributed by atoms with E-state index >= 15 is 0 Å². The number of alkyl halides is 3. The molecule has 37 heavy (non-hydrogen) atoms. The van der Waals surface area contributed by atoms with Gasteiger partial charge in [-0.3, -0.25) is 9.89 Å². The number of aromatic nitrogens is 2. The van der Waals surface area contributed by atoms with Crippen molar-refractivity contribution >= 4 is 40.9 Å². The molecule has 0 bridgehead atoms. The van der Waals surface area contributed by atoms with E-state index in [4.69, 9.17) is 23.2 Å². The fourth-order valence-corrected chi connectivity index (χ4v) is 3.57. The Balaban J connectivity index is 1.58. The van der Waals surface area contributed by atoms with Crippen molar-refractivity contribution in [2.24, 2.45) is 4.99 Å². The number of hydrogen-bond donors (Lipinski definition) is 3. The number of rotatable bonds is 5. The average molecular weight is 550 g/mol. The van der Waals surface area contributed by atoms with Crippen LogP contribution in [-0.4, -0.2) is 22.1 Å². The van der Waals surface area contributed by atoms with Crippen LogP contribution in [0.15, 0.2) is 77.8 Å². The van der Waals surface area contributed by atoms with Gasteiger partial charge in [0, 0.05) is 33.8 Å². The molecule has 0 unspecified atom stereocenters. The second-order valence-electron chi connectivity index (χ2n) is 7.73. The Hall–Kier alpha value is -3.89. The third-order valence-corrected chi connectivity index (χ3v) is 5.71. The minimum Gasteiger partial charge on any atom is -0.352 e. The van der Waals surface area contributed by atoms with Crippen LogP contribution in [0.25, 0.3) is 11.3 Å². The fourth-order valence-electron chi connectivity index (χ4n) is 3.21. The van der Waals surface area contributed by atoms with E-state index in [0.717, 1.165) is 35.9 Å². The summed E-state index contributed by atoms with van der Waals surface area (Å²) in [4.78, 5) is 16.7. The van der Waals surface area contributed by atoms with Gasteiger partial charge in [0.2, 0.25) is 5.96 Å². The predicted octanol–water partition coefficient (Wildman–Crippen LogP) is 6.94. The van der Waals surface area contributed by atoms with Crippen LogP contribution in [0, 0.1) is 5.82 Å². The zero-order valence-corrected chi connectivity index (χ0v) is 20.2. The molecule has 0 atom stereocenters. The van der Waals surface area contributed by atoms with Gasteiger partial charge >= 0.3 is 6.18 Å². The van der Waals surface area contributed by atoms with Gasteiger partial charge in [0.25, 0.3) is 5.91 Å². The second kappa shape index (κ2) is 11.0. The maximum absolute atomic E-state index is 13.4. The van der Waals surface area contributed by atoms with Gasteiger partial charge in [-0.1, -0.05) is 41.4 Å². The summed E-state index contributed by atoms with van der Waals surface area (Å²) in [5.41, 5.74) is 0.933. The van der Waals surface area contributed by atoms with Crippen molar-refractivity contribution in [1.82, 2.24) is 15.5 Å². The van der Waals surface area contributed by atoms with Crippen molar-refractivity contribution < 1.29 is 22.4 Å². The van der Waals surface area contributed by atoms with Gasteiger partial charge in [-0.05, 0) is 54.1 Å². The van der Waals surface area contributed by atoms with Gasteiger partial charge in [0.05, 0.1) is 11.3 Å². The highest BCUT2D eigenvalue weighted by molar-refractivity contribution is 6.31. The van der Waals surface area contributed by atoms with Crippen molar-refractivity contribution in [3.8, 4) is 11.3 Å². The van der Waals surface area contributed by atoms with Crippen molar-refractivity contribution in [3.05, 3.63) is 105 Å². The first-order valence-electron chi connectivity index (χ1n) is 10.6. The van der Waals surface area contributed by atoms with Gasteiger partial charge in [-0.25, -0.2) is 4.39 Å². The van der Waals surface area contributed by atoms with E-state index in [0.29, 0.717) is 22.1 Å². The summed E-state index contributed by atoms with van der Waals surface area (Å²) >= 11 is 12.0. The number of aliphatic imine (C=N–C) groups is 1. The molecular formula is C25H17Cl2F4N5O. The summed E-state index contributed by atoms with van der Waals surface area (Å²) in [5.74, 6) is -0.991. The van der Waals surface area contributed by atoms with E-state index < -0.39 is 23.5 Å². The molecule has 3 N–H and O–H groups in total. The first-order chi connectivity index (χ1) is 17.6. The molecule has 6 nitrogen and oxygen atoms in total. The SMILES string of the molecule is O=C(/N=C(/NCc1ccc(F)cc1Cl)Nc1cc(-c2ccc(Cl)cc2)n[nH]1)c1ccc(C(F)(F)F)cc1. The maximum atomic E-state index is 13.4. The molecule has 1 aromatic heterocycles. The minimum atomic E-state index is -4.53. The molecule has 12 heteroatoms. The average Bonchev–Trinajstić information content (AvgIpc) is 3.31. The lowest BCUT2D eigenvalue weighted by molar-refractivity contribution is -0.137. The normalized spacial score (nSPS) is 11.9. The monoisotopic (exact) mass is 549 g/mol. The maximum Gasteiger partial charge on any atom is 0.416 e. The van der Waals surface area contributed by atoms with Crippen LogP contribution in [0.4, 0.5) is 23.4 Å². The number of amides is 1. The first-order valence-corrected chi connectivity index (χ1v) is 11.4. The van der Waals surface area contributed by atoms with Crippen LogP contribution in [0.1, 0.15) is 21.5 Å². The van der Waals surface area contributed by atoms with E-state index in [9.17, 15) is 22.4 Å². The van der Waals surface area contributed by atoms with Gasteiger partial charge in [0.15, 0.2) is 0 Å². The molecule has 0 aliphatic heterocycles. The molecule has 0 aliphatic rings. The van der Waals surface area contributed by atoms with Crippen molar-refractivity contribution in [1.29, 1.82) is 0 Å². The van der Waals surface area contributed by atoms with Crippen LogP contribution in [0.3, 0.4) is 0 Å². The molecule has 0 aliphatic carbocycles. The smallest absolute Gasteiger partial charge is 0.352 e. The number of H-pyrrole nitrogens is 1. The third kappa shape index (κ3) is 6.87. The number of nitrogens with one attached hydrogen (secondary N) is 3. The van der Waals surface area contributed by atoms with Gasteiger partial charge in [-0.2, -0.15) is 23.3 Å². The number of guanidine groups is 1. The summed E-state index contributed by atoms with van der Waals surface area (Å²) in [7, 11) is 0. The highest BCUT2D eigenvalue weighted by Gasteiger charge is 2.30. The second-order valence-corrected chi connectivity index (χ2v) is 8.57. The first kappa shape index (κ1) is 26.2. The standard InChI is InChI=1S/C25H17Cl2F4N5O/c26-18-8-3-14(4-9-18)21-12-22(36-35-21)33-24(32-13-16-5-10-19(28)11-20(16)27)34-23(37)15-1-6-17(7-2-15)25(29,30)31/h1-12H,13H2,(H3,32,33,34,35,36,37). The van der Waals surface area contributed by atoms with E-state index in [-0.39, 0.29) is 23.1 Å². The molecule has 1 amide bonds. The molecule has 4 rings (SSSR count). The highest BCUT2D eigenvalue weighted by Crippen LogP contribution is 2.29. The quantitative estimate of drug-likeness (QED) is 0.143. The fraction of sp³-hybridized carbons (Fsp3) is 0.0800. The Bertz CT molecular complexity index is 1430. The van der Waals surface area contributed by atoms with Crippen molar-refractivity contribution in [3.63, 3.8) is 0 Å². The van der Waals surface area contributed by atoms with Crippen LogP contribution < -0.4 is 10.6 Å². The van der Waals surface area contributed by atoms with E-state index in [1.807, 2.05) is 0 Å². The summed E-state index contributed by atoms with van der Waals surface area (Å²) in [5, 5.41) is 13.5. The number of anilines is 1. The largest absolute Gasteiger partial charge is 0.416 e. The molecule has 0 saturated heterocycles. The topological polar surface area (TPSA) is 82.2 Å². The third-order valence-electron chi connectivity index (χ3n) is 5.10. The molecule has 4 aromatic rings. The molecule has 190 valence electrons. The lowest BCUT2D eigenvalue weighted by atomic mass is 10.1. The Labute approximate surface area is 218 Å². The van der Waals surface area contributed by atoms with Gasteiger partial charge < -0.3 is 10.6 Å². The van der Waals surface area contributed by atoms with Gasteiger partial charge in [0.1, 0.15) is 11.6 Å². The molecule has 0 radical (unpaired) electrons. The molecule has 0 saturated carbocycles. The summed E-state index contributed by atoms with van der Waals surface area (Å²) in [6.45, 7) is 0.0589. The predicted molar refractivity (Wildman–Crippen MR) is 134 cm³/mol. The minimum absolute atomic E-state index is 0.0448. The van der Waals surface area contributed by atoms with Crippen LogP contribution in [-0.2, 0) is 12.7 Å². The van der Waals surface area contributed by atoms with Crippen molar-refractivity contribution in [2.75, 3.05) is 5.32 Å². The highest BCUT2D eigenvalue weighted by atomic mass is 35.5. The lowest BCUT2D eigenvalue weighted by Gasteiger charge is -2.12. The molecule has 0 spiro atoms. The zero-order valence-electron chi connectivity index (χ0n) is 18.7.